The topological polar surface area (TPSA) is 33.6 Å². The number of fused-ring (bicyclic) bond motifs is 1. The molecule has 0 aliphatic heterocycles. The van der Waals surface area contributed by atoms with Crippen LogP contribution in [0.1, 0.15) is 0 Å². The second-order valence-corrected chi connectivity index (χ2v) is 4.14. The van der Waals surface area contributed by atoms with Crippen LogP contribution < -0.4 is 0 Å². The van der Waals surface area contributed by atoms with Crippen molar-refractivity contribution in [2.75, 3.05) is 0 Å². The van der Waals surface area contributed by atoms with Gasteiger partial charge in [-0.25, -0.2) is 8.78 Å². The Balaban J connectivity index is 2.38. The maximum Gasteiger partial charge on any atom is 0.182 e. The van der Waals surface area contributed by atoms with Crippen LogP contribution in [0.5, 0.6) is 0 Å². The van der Waals surface area contributed by atoms with E-state index in [1.807, 2.05) is 0 Å². The van der Waals surface area contributed by atoms with Gasteiger partial charge in [0, 0.05) is 12.3 Å². The molecule has 0 aliphatic rings. The number of nitrogens with one attached hydrogen (secondary N) is 1. The maximum atomic E-state index is 13.8. The van der Waals surface area contributed by atoms with E-state index in [0.29, 0.717) is 15.8 Å². The number of nitrogens with zero attached hydrogens (tertiary/aromatic N) is 2. The van der Waals surface area contributed by atoms with Crippen LogP contribution in [-0.4, -0.2) is 14.5 Å². The van der Waals surface area contributed by atoms with Crippen LogP contribution in [0.25, 0.3) is 16.7 Å². The van der Waals surface area contributed by atoms with Crippen LogP contribution >= 0.6 is 12.2 Å². The van der Waals surface area contributed by atoms with E-state index in [2.05, 4.69) is 9.97 Å². The molecule has 3 aromatic rings. The quantitative estimate of drug-likeness (QED) is 0.683. The summed E-state index contributed by atoms with van der Waals surface area (Å²) >= 11 is 5.15. The highest BCUT2D eigenvalue weighted by atomic mass is 32.1. The number of benzene rings is 1. The first kappa shape index (κ1) is 11.0. The van der Waals surface area contributed by atoms with Gasteiger partial charge in [-0.1, -0.05) is 0 Å². The Bertz CT molecular complexity index is 791. The number of halogens is 2. The lowest BCUT2D eigenvalue weighted by Gasteiger charge is -2.05. The highest BCUT2D eigenvalue weighted by Crippen LogP contribution is 2.21. The Labute approximate surface area is 106 Å². The molecule has 90 valence electrons. The van der Waals surface area contributed by atoms with E-state index in [1.165, 1.54) is 16.7 Å². The van der Waals surface area contributed by atoms with Crippen LogP contribution in [0.15, 0.2) is 36.7 Å². The fraction of sp³-hybridized carbons (Fsp3) is 0. The predicted octanol–water partition coefficient (Wildman–Crippen LogP) is 3.36. The number of pyridine rings is 1. The first-order valence-corrected chi connectivity index (χ1v) is 5.58. The minimum atomic E-state index is -0.663. The Morgan fingerprint density at radius 3 is 2.83 bits per heavy atom. The Morgan fingerprint density at radius 2 is 2.06 bits per heavy atom. The van der Waals surface area contributed by atoms with Gasteiger partial charge < -0.3 is 4.98 Å². The summed E-state index contributed by atoms with van der Waals surface area (Å²) in [6.07, 6.45) is 3.19. The molecule has 3 nitrogen and oxygen atoms in total. The molecule has 0 bridgehead atoms. The summed E-state index contributed by atoms with van der Waals surface area (Å²) in [5.74, 6) is -1.28. The van der Waals surface area contributed by atoms with E-state index in [9.17, 15) is 8.78 Å². The van der Waals surface area contributed by atoms with E-state index in [0.717, 1.165) is 6.07 Å². The second kappa shape index (κ2) is 3.99. The van der Waals surface area contributed by atoms with Crippen molar-refractivity contribution in [2.24, 2.45) is 0 Å². The molecule has 6 heteroatoms. The Morgan fingerprint density at radius 1 is 1.22 bits per heavy atom. The van der Waals surface area contributed by atoms with Crippen LogP contribution in [0.2, 0.25) is 0 Å². The first-order chi connectivity index (χ1) is 8.66. The molecule has 0 radical (unpaired) electrons. The fourth-order valence-electron chi connectivity index (χ4n) is 1.86. The van der Waals surface area contributed by atoms with Crippen molar-refractivity contribution >= 4 is 23.3 Å². The number of aromatic amines is 1. The second-order valence-electron chi connectivity index (χ2n) is 3.75. The highest BCUT2D eigenvalue weighted by Gasteiger charge is 2.11. The highest BCUT2D eigenvalue weighted by molar-refractivity contribution is 7.71. The molecule has 2 aromatic heterocycles. The van der Waals surface area contributed by atoms with E-state index in [4.69, 9.17) is 12.2 Å². The molecule has 1 aromatic carbocycles. The van der Waals surface area contributed by atoms with Gasteiger partial charge in [0.1, 0.15) is 11.6 Å². The van der Waals surface area contributed by atoms with Crippen molar-refractivity contribution in [1.82, 2.24) is 14.5 Å². The van der Waals surface area contributed by atoms with Crippen molar-refractivity contribution in [3.63, 3.8) is 0 Å². The smallest absolute Gasteiger partial charge is 0.182 e. The SMILES string of the molecule is Fc1ccc(-n2c(=S)[nH]c3cnccc32)c(F)c1. The number of aromatic nitrogens is 3. The van der Waals surface area contributed by atoms with Gasteiger partial charge in [-0.2, -0.15) is 0 Å². The Hall–Kier alpha value is -2.08. The zero-order valence-corrected chi connectivity index (χ0v) is 9.84. The van der Waals surface area contributed by atoms with Gasteiger partial charge in [-0.3, -0.25) is 9.55 Å². The van der Waals surface area contributed by atoms with Crippen molar-refractivity contribution in [3.8, 4) is 5.69 Å². The summed E-state index contributed by atoms with van der Waals surface area (Å²) < 4.78 is 28.5. The van der Waals surface area contributed by atoms with Crippen molar-refractivity contribution < 1.29 is 8.78 Å². The van der Waals surface area contributed by atoms with Crippen molar-refractivity contribution in [3.05, 3.63) is 53.1 Å². The zero-order valence-electron chi connectivity index (χ0n) is 9.02. The Kier molecular flexibility index (Phi) is 2.45. The van der Waals surface area contributed by atoms with E-state index in [1.54, 1.807) is 18.5 Å². The fourth-order valence-corrected chi connectivity index (χ4v) is 2.17. The average Bonchev–Trinajstić information content (AvgIpc) is 2.66. The number of rotatable bonds is 1. The predicted molar refractivity (Wildman–Crippen MR) is 66.2 cm³/mol. The molecule has 1 N–H and O–H groups in total. The molecule has 0 aliphatic carbocycles. The van der Waals surface area contributed by atoms with Crippen LogP contribution in [0, 0.1) is 16.4 Å². The minimum absolute atomic E-state index is 0.207. The summed E-state index contributed by atoms with van der Waals surface area (Å²) in [6, 6.07) is 5.09. The summed E-state index contributed by atoms with van der Waals surface area (Å²) in [5.41, 5.74) is 1.60. The number of hydrogen-bond donors (Lipinski definition) is 1. The third-order valence-corrected chi connectivity index (χ3v) is 2.92. The molecule has 0 fully saturated rings. The molecule has 0 amide bonds. The largest absolute Gasteiger partial charge is 0.329 e. The van der Waals surface area contributed by atoms with Gasteiger partial charge in [0.15, 0.2) is 4.77 Å². The third-order valence-electron chi connectivity index (χ3n) is 2.63. The zero-order chi connectivity index (χ0) is 12.7. The number of hydrogen-bond acceptors (Lipinski definition) is 2. The number of H-pyrrole nitrogens is 1. The van der Waals surface area contributed by atoms with Gasteiger partial charge in [0.2, 0.25) is 0 Å². The molecule has 0 atom stereocenters. The van der Waals surface area contributed by atoms with Crippen LogP contribution in [0.4, 0.5) is 8.78 Å². The number of imidazole rings is 1. The molecular weight excluding hydrogens is 256 g/mol. The third kappa shape index (κ3) is 1.62. The van der Waals surface area contributed by atoms with Gasteiger partial charge >= 0.3 is 0 Å². The monoisotopic (exact) mass is 263 g/mol. The van der Waals surface area contributed by atoms with Gasteiger partial charge in [-0.15, -0.1) is 0 Å². The standard InChI is InChI=1S/C12H7F2N3S/c13-7-1-2-10(8(14)5-7)17-11-3-4-15-6-9(11)16-12(17)18/h1-6H,(H,16,18). The molecule has 0 spiro atoms. The normalized spacial score (nSPS) is 11.0. The van der Waals surface area contributed by atoms with Gasteiger partial charge in [-0.05, 0) is 30.4 Å². The summed E-state index contributed by atoms with van der Waals surface area (Å²) in [4.78, 5) is 6.88. The summed E-state index contributed by atoms with van der Waals surface area (Å²) in [5, 5.41) is 0. The van der Waals surface area contributed by atoms with Gasteiger partial charge in [0.05, 0.1) is 22.9 Å². The van der Waals surface area contributed by atoms with Crippen LogP contribution in [-0.2, 0) is 0 Å². The molecular formula is C12H7F2N3S. The molecule has 2 heterocycles. The van der Waals surface area contributed by atoms with Crippen LogP contribution in [0.3, 0.4) is 0 Å². The lowest BCUT2D eigenvalue weighted by molar-refractivity contribution is 0.578. The summed E-state index contributed by atoms with van der Waals surface area (Å²) in [7, 11) is 0. The molecule has 0 saturated carbocycles. The van der Waals surface area contributed by atoms with E-state index in [-0.39, 0.29) is 5.69 Å². The van der Waals surface area contributed by atoms with E-state index >= 15 is 0 Å². The summed E-state index contributed by atoms with van der Waals surface area (Å²) in [6.45, 7) is 0. The molecule has 18 heavy (non-hydrogen) atoms. The maximum absolute atomic E-state index is 13.8. The van der Waals surface area contributed by atoms with Crippen molar-refractivity contribution in [2.45, 2.75) is 0 Å². The van der Waals surface area contributed by atoms with Crippen molar-refractivity contribution in [1.29, 1.82) is 0 Å². The molecule has 3 rings (SSSR count). The molecule has 0 unspecified atom stereocenters. The first-order valence-electron chi connectivity index (χ1n) is 5.17. The molecule has 0 saturated heterocycles. The average molecular weight is 263 g/mol. The lowest BCUT2D eigenvalue weighted by atomic mass is 10.3. The van der Waals surface area contributed by atoms with Gasteiger partial charge in [0.25, 0.3) is 0 Å². The minimum Gasteiger partial charge on any atom is -0.329 e. The lowest BCUT2D eigenvalue weighted by Crippen LogP contribution is -1.98. The van der Waals surface area contributed by atoms with E-state index < -0.39 is 11.6 Å².